The zero-order chi connectivity index (χ0) is 15.9. The number of carbonyl (C=O) groups excluding carboxylic acids is 1. The molecule has 0 N–H and O–H groups in total. The molecule has 2 aromatic carbocycles. The Labute approximate surface area is 128 Å². The average molecular weight is 297 g/mol. The van der Waals surface area contributed by atoms with E-state index in [-0.39, 0.29) is 12.4 Å². The average Bonchev–Trinajstić information content (AvgIpc) is 2.59. The Morgan fingerprint density at radius 1 is 1.09 bits per heavy atom. The molecule has 0 unspecified atom stereocenters. The molecular weight excluding hydrogens is 282 g/mol. The molecule has 0 aliphatic carbocycles. The van der Waals surface area contributed by atoms with Gasteiger partial charge in [0.05, 0.1) is 31.4 Å². The van der Waals surface area contributed by atoms with Gasteiger partial charge in [-0.25, -0.2) is 0 Å². The molecule has 0 heterocycles. The van der Waals surface area contributed by atoms with E-state index < -0.39 is 0 Å². The van der Waals surface area contributed by atoms with E-state index >= 15 is 0 Å². The maximum Gasteiger partial charge on any atom is 0.203 e. The number of Topliss-reactive ketones (excluding diaryl/α,β-unsaturated/α-hetero) is 1. The van der Waals surface area contributed by atoms with Gasteiger partial charge in [-0.3, -0.25) is 4.79 Å². The van der Waals surface area contributed by atoms with Crippen molar-refractivity contribution in [1.29, 1.82) is 5.26 Å². The predicted molar refractivity (Wildman–Crippen MR) is 80.5 cm³/mol. The number of benzene rings is 2. The highest BCUT2D eigenvalue weighted by molar-refractivity contribution is 6.00. The molecule has 2 aromatic rings. The van der Waals surface area contributed by atoms with Crippen LogP contribution in [-0.2, 0) is 0 Å². The van der Waals surface area contributed by atoms with E-state index in [9.17, 15) is 4.79 Å². The van der Waals surface area contributed by atoms with Crippen molar-refractivity contribution in [2.24, 2.45) is 0 Å². The number of ether oxygens (including phenoxy) is 3. The van der Waals surface area contributed by atoms with Gasteiger partial charge in [0.1, 0.15) is 17.2 Å². The Morgan fingerprint density at radius 2 is 1.91 bits per heavy atom. The van der Waals surface area contributed by atoms with Crippen molar-refractivity contribution in [3.05, 3.63) is 53.6 Å². The van der Waals surface area contributed by atoms with Crippen LogP contribution < -0.4 is 14.2 Å². The van der Waals surface area contributed by atoms with Crippen LogP contribution in [0.25, 0.3) is 0 Å². The molecule has 5 heteroatoms. The predicted octanol–water partition coefficient (Wildman–Crippen LogP) is 2.84. The first-order valence-electron chi connectivity index (χ1n) is 6.56. The molecule has 0 amide bonds. The van der Waals surface area contributed by atoms with Crippen LogP contribution in [0.1, 0.15) is 15.9 Å². The highest BCUT2D eigenvalue weighted by atomic mass is 16.5. The molecule has 0 bridgehead atoms. The second-order valence-corrected chi connectivity index (χ2v) is 4.42. The minimum Gasteiger partial charge on any atom is -0.497 e. The maximum absolute atomic E-state index is 12.2. The lowest BCUT2D eigenvalue weighted by molar-refractivity contribution is 0.0918. The normalized spacial score (nSPS) is 9.68. The summed E-state index contributed by atoms with van der Waals surface area (Å²) in [6, 6.07) is 13.6. The Morgan fingerprint density at radius 3 is 2.59 bits per heavy atom. The highest BCUT2D eigenvalue weighted by Gasteiger charge is 2.14. The molecule has 0 saturated carbocycles. The van der Waals surface area contributed by atoms with Crippen LogP contribution in [0.15, 0.2) is 42.5 Å². The van der Waals surface area contributed by atoms with Crippen molar-refractivity contribution < 1.29 is 19.0 Å². The summed E-state index contributed by atoms with van der Waals surface area (Å²) < 4.78 is 15.7. The van der Waals surface area contributed by atoms with Gasteiger partial charge in [0.2, 0.25) is 5.78 Å². The third-order valence-electron chi connectivity index (χ3n) is 3.04. The molecule has 0 saturated heterocycles. The Bertz CT molecular complexity index is 719. The summed E-state index contributed by atoms with van der Waals surface area (Å²) in [5.74, 6) is 1.29. The second kappa shape index (κ2) is 7.14. The first kappa shape index (κ1) is 15.4. The number of methoxy groups -OCH3 is 2. The van der Waals surface area contributed by atoms with Gasteiger partial charge in [-0.2, -0.15) is 5.26 Å². The quantitative estimate of drug-likeness (QED) is 0.767. The Hall–Kier alpha value is -3.00. The van der Waals surface area contributed by atoms with Gasteiger partial charge in [-0.05, 0) is 30.3 Å². The number of hydrogen-bond donors (Lipinski definition) is 0. The molecule has 0 aliphatic heterocycles. The largest absolute Gasteiger partial charge is 0.497 e. The molecule has 0 spiro atoms. The highest BCUT2D eigenvalue weighted by Crippen LogP contribution is 2.25. The lowest BCUT2D eigenvalue weighted by Crippen LogP contribution is -2.13. The van der Waals surface area contributed by atoms with Gasteiger partial charge < -0.3 is 14.2 Å². The van der Waals surface area contributed by atoms with Crippen LogP contribution in [0.4, 0.5) is 0 Å². The summed E-state index contributed by atoms with van der Waals surface area (Å²) in [6.07, 6.45) is 0. The summed E-state index contributed by atoms with van der Waals surface area (Å²) in [5.41, 5.74) is 0.895. The summed E-state index contributed by atoms with van der Waals surface area (Å²) in [6.45, 7) is -0.141. The zero-order valence-corrected chi connectivity index (χ0v) is 12.3. The Balaban J connectivity index is 2.10. The van der Waals surface area contributed by atoms with E-state index in [1.807, 2.05) is 6.07 Å². The van der Waals surface area contributed by atoms with Crippen molar-refractivity contribution in [3.63, 3.8) is 0 Å². The van der Waals surface area contributed by atoms with Crippen LogP contribution in [-0.4, -0.2) is 26.6 Å². The molecule has 112 valence electrons. The zero-order valence-electron chi connectivity index (χ0n) is 12.3. The van der Waals surface area contributed by atoms with E-state index in [2.05, 4.69) is 0 Å². The number of rotatable bonds is 6. The molecule has 0 atom stereocenters. The third-order valence-corrected chi connectivity index (χ3v) is 3.04. The molecule has 0 radical (unpaired) electrons. The van der Waals surface area contributed by atoms with Crippen molar-refractivity contribution >= 4 is 5.78 Å². The SMILES string of the molecule is COc1ccc(C(=O)COc2cccc(C#N)c2)c(OC)c1. The van der Waals surface area contributed by atoms with E-state index in [0.29, 0.717) is 28.4 Å². The van der Waals surface area contributed by atoms with Crippen LogP contribution in [0.3, 0.4) is 0 Å². The second-order valence-electron chi connectivity index (χ2n) is 4.42. The van der Waals surface area contributed by atoms with Crippen molar-refractivity contribution in [3.8, 4) is 23.3 Å². The van der Waals surface area contributed by atoms with E-state index in [4.69, 9.17) is 19.5 Å². The molecule has 0 aromatic heterocycles. The van der Waals surface area contributed by atoms with E-state index in [1.165, 1.54) is 7.11 Å². The van der Waals surface area contributed by atoms with Gasteiger partial charge in [0.25, 0.3) is 0 Å². The number of nitriles is 1. The molecular formula is C17H15NO4. The van der Waals surface area contributed by atoms with Crippen molar-refractivity contribution in [2.75, 3.05) is 20.8 Å². The Kier molecular flexibility index (Phi) is 4.99. The lowest BCUT2D eigenvalue weighted by Gasteiger charge is -2.10. The fourth-order valence-electron chi connectivity index (χ4n) is 1.91. The summed E-state index contributed by atoms with van der Waals surface area (Å²) in [5, 5.41) is 8.83. The molecule has 0 fully saturated rings. The monoisotopic (exact) mass is 297 g/mol. The number of nitrogens with zero attached hydrogens (tertiary/aromatic N) is 1. The van der Waals surface area contributed by atoms with Crippen LogP contribution in [0.5, 0.6) is 17.2 Å². The van der Waals surface area contributed by atoms with Crippen molar-refractivity contribution in [2.45, 2.75) is 0 Å². The van der Waals surface area contributed by atoms with Gasteiger partial charge >= 0.3 is 0 Å². The van der Waals surface area contributed by atoms with E-state index in [1.54, 1.807) is 49.6 Å². The first-order chi connectivity index (χ1) is 10.7. The fraction of sp³-hybridized carbons (Fsp3) is 0.176. The number of hydrogen-bond acceptors (Lipinski definition) is 5. The van der Waals surface area contributed by atoms with Gasteiger partial charge in [-0.15, -0.1) is 0 Å². The minimum atomic E-state index is -0.220. The smallest absolute Gasteiger partial charge is 0.203 e. The molecule has 0 aliphatic rings. The summed E-state index contributed by atoms with van der Waals surface area (Å²) >= 11 is 0. The first-order valence-corrected chi connectivity index (χ1v) is 6.56. The van der Waals surface area contributed by atoms with Crippen LogP contribution in [0.2, 0.25) is 0 Å². The summed E-state index contributed by atoms with van der Waals surface area (Å²) in [4.78, 5) is 12.2. The van der Waals surface area contributed by atoms with Gasteiger partial charge in [0, 0.05) is 6.07 Å². The van der Waals surface area contributed by atoms with E-state index in [0.717, 1.165) is 0 Å². The fourth-order valence-corrected chi connectivity index (χ4v) is 1.91. The molecule has 22 heavy (non-hydrogen) atoms. The van der Waals surface area contributed by atoms with Gasteiger partial charge in [-0.1, -0.05) is 6.07 Å². The minimum absolute atomic E-state index is 0.141. The maximum atomic E-state index is 12.2. The topological polar surface area (TPSA) is 68.5 Å². The molecule has 5 nitrogen and oxygen atoms in total. The van der Waals surface area contributed by atoms with Crippen LogP contribution in [0, 0.1) is 11.3 Å². The molecule has 2 rings (SSSR count). The van der Waals surface area contributed by atoms with Gasteiger partial charge in [0.15, 0.2) is 6.61 Å². The van der Waals surface area contributed by atoms with Crippen molar-refractivity contribution in [1.82, 2.24) is 0 Å². The van der Waals surface area contributed by atoms with Crippen LogP contribution >= 0.6 is 0 Å². The number of ketones is 1. The number of carbonyl (C=O) groups is 1. The summed E-state index contributed by atoms with van der Waals surface area (Å²) in [7, 11) is 3.03. The standard InChI is InChI=1S/C17H15NO4/c1-20-13-6-7-15(17(9-13)21-2)16(19)11-22-14-5-3-4-12(8-14)10-18/h3-9H,11H2,1-2H3. The third kappa shape index (κ3) is 3.55. The lowest BCUT2D eigenvalue weighted by atomic mass is 10.1.